The molecular formula is C15H24N2O2. The van der Waals surface area contributed by atoms with Crippen molar-refractivity contribution in [2.45, 2.75) is 25.4 Å². The first-order valence-electron chi connectivity index (χ1n) is 6.80. The number of ether oxygens (including phenoxy) is 2. The van der Waals surface area contributed by atoms with Crippen LogP contribution in [0.15, 0.2) is 18.2 Å². The largest absolute Gasteiger partial charge is 0.497 e. The summed E-state index contributed by atoms with van der Waals surface area (Å²) in [5.74, 6) is 1.71. The van der Waals surface area contributed by atoms with Crippen LogP contribution < -0.4 is 14.8 Å². The zero-order valence-corrected chi connectivity index (χ0v) is 12.3. The molecule has 106 valence electrons. The van der Waals surface area contributed by atoms with E-state index in [2.05, 4.69) is 30.3 Å². The minimum Gasteiger partial charge on any atom is -0.497 e. The van der Waals surface area contributed by atoms with E-state index in [0.717, 1.165) is 18.0 Å². The third kappa shape index (κ3) is 3.39. The summed E-state index contributed by atoms with van der Waals surface area (Å²) in [5, 5.41) is 3.68. The van der Waals surface area contributed by atoms with Crippen LogP contribution >= 0.6 is 0 Å². The molecule has 1 heterocycles. The second kappa shape index (κ2) is 6.26. The number of benzene rings is 1. The van der Waals surface area contributed by atoms with Crippen molar-refractivity contribution in [1.82, 2.24) is 10.2 Å². The average Bonchev–Trinajstić information content (AvgIpc) is 2.83. The first kappa shape index (κ1) is 14.2. The van der Waals surface area contributed by atoms with Gasteiger partial charge in [0.2, 0.25) is 0 Å². The van der Waals surface area contributed by atoms with Crippen molar-refractivity contribution in [3.63, 3.8) is 0 Å². The Balaban J connectivity index is 2.07. The van der Waals surface area contributed by atoms with E-state index in [4.69, 9.17) is 9.47 Å². The molecule has 1 N–H and O–H groups in total. The Hall–Kier alpha value is -1.26. The molecule has 2 unspecified atom stereocenters. The summed E-state index contributed by atoms with van der Waals surface area (Å²) >= 11 is 0. The van der Waals surface area contributed by atoms with E-state index in [-0.39, 0.29) is 6.04 Å². The van der Waals surface area contributed by atoms with E-state index in [1.807, 2.05) is 12.1 Å². The molecule has 0 amide bonds. The number of rotatable bonds is 5. The summed E-state index contributed by atoms with van der Waals surface area (Å²) in [6.07, 6.45) is 1.21. The van der Waals surface area contributed by atoms with Crippen LogP contribution in [0, 0.1) is 0 Å². The van der Waals surface area contributed by atoms with Gasteiger partial charge in [0.15, 0.2) is 0 Å². The van der Waals surface area contributed by atoms with Crippen molar-refractivity contribution in [3.05, 3.63) is 23.8 Å². The van der Waals surface area contributed by atoms with Crippen molar-refractivity contribution >= 4 is 0 Å². The van der Waals surface area contributed by atoms with E-state index in [1.54, 1.807) is 14.2 Å². The van der Waals surface area contributed by atoms with Crippen LogP contribution in [0.25, 0.3) is 0 Å². The van der Waals surface area contributed by atoms with Crippen LogP contribution in [-0.2, 0) is 0 Å². The Morgan fingerprint density at radius 3 is 2.68 bits per heavy atom. The highest BCUT2D eigenvalue weighted by atomic mass is 16.5. The number of likely N-dealkylation sites (N-methyl/N-ethyl adjacent to an activating group) is 1. The maximum Gasteiger partial charge on any atom is 0.127 e. The second-order valence-electron chi connectivity index (χ2n) is 5.24. The van der Waals surface area contributed by atoms with Crippen molar-refractivity contribution in [2.75, 3.05) is 34.4 Å². The lowest BCUT2D eigenvalue weighted by molar-refractivity contribution is 0.371. The molecule has 1 aromatic rings. The number of hydrogen-bond acceptors (Lipinski definition) is 4. The normalized spacial score (nSPS) is 21.4. The minimum atomic E-state index is 0.275. The van der Waals surface area contributed by atoms with Crippen LogP contribution in [0.5, 0.6) is 11.5 Å². The zero-order valence-electron chi connectivity index (χ0n) is 12.3. The van der Waals surface area contributed by atoms with Gasteiger partial charge in [-0.3, -0.25) is 0 Å². The van der Waals surface area contributed by atoms with Crippen LogP contribution in [0.4, 0.5) is 0 Å². The Bertz CT molecular complexity index is 423. The zero-order chi connectivity index (χ0) is 13.8. The summed E-state index contributed by atoms with van der Waals surface area (Å²) in [7, 11) is 5.54. The molecule has 4 heteroatoms. The number of methoxy groups -OCH3 is 2. The van der Waals surface area contributed by atoms with Gasteiger partial charge in [-0.05, 0) is 33.0 Å². The van der Waals surface area contributed by atoms with Crippen LogP contribution in [-0.4, -0.2) is 45.3 Å². The topological polar surface area (TPSA) is 33.7 Å². The monoisotopic (exact) mass is 264 g/mol. The fourth-order valence-corrected chi connectivity index (χ4v) is 2.69. The molecule has 1 aliphatic heterocycles. The highest BCUT2D eigenvalue weighted by Gasteiger charge is 2.22. The maximum atomic E-state index is 5.46. The highest BCUT2D eigenvalue weighted by molar-refractivity contribution is 5.42. The van der Waals surface area contributed by atoms with Crippen molar-refractivity contribution in [1.29, 1.82) is 0 Å². The van der Waals surface area contributed by atoms with Crippen molar-refractivity contribution in [2.24, 2.45) is 0 Å². The quantitative estimate of drug-likeness (QED) is 0.882. The predicted octanol–water partition coefficient (Wildman–Crippen LogP) is 2.06. The Labute approximate surface area is 115 Å². The number of nitrogens with one attached hydrogen (secondary N) is 1. The first-order chi connectivity index (χ1) is 9.13. The third-order valence-corrected chi connectivity index (χ3v) is 3.78. The molecule has 2 rings (SSSR count). The fraction of sp³-hybridized carbons (Fsp3) is 0.600. The molecule has 19 heavy (non-hydrogen) atoms. The Morgan fingerprint density at radius 2 is 2.11 bits per heavy atom. The number of likely N-dealkylation sites (tertiary alicyclic amines) is 1. The van der Waals surface area contributed by atoms with E-state index < -0.39 is 0 Å². The fourth-order valence-electron chi connectivity index (χ4n) is 2.69. The van der Waals surface area contributed by atoms with E-state index in [0.29, 0.717) is 6.04 Å². The van der Waals surface area contributed by atoms with Gasteiger partial charge >= 0.3 is 0 Å². The lowest BCUT2D eigenvalue weighted by atomic mass is 10.1. The molecule has 1 fully saturated rings. The standard InChI is InChI=1S/C15H24N2O2/c1-11(16-12-7-8-17(2)10-12)14-6-5-13(18-3)9-15(14)19-4/h5-6,9,11-12,16H,7-8,10H2,1-4H3. The van der Waals surface area contributed by atoms with E-state index in [1.165, 1.54) is 18.5 Å². The lowest BCUT2D eigenvalue weighted by Crippen LogP contribution is -2.33. The summed E-state index contributed by atoms with van der Waals surface area (Å²) in [4.78, 5) is 2.36. The van der Waals surface area contributed by atoms with Gasteiger partial charge in [0.05, 0.1) is 14.2 Å². The van der Waals surface area contributed by atoms with E-state index in [9.17, 15) is 0 Å². The predicted molar refractivity (Wildman–Crippen MR) is 77.0 cm³/mol. The average molecular weight is 264 g/mol. The molecular weight excluding hydrogens is 240 g/mol. The SMILES string of the molecule is COc1ccc(C(C)NC2CCN(C)C2)c(OC)c1. The molecule has 0 bridgehead atoms. The molecule has 2 atom stereocenters. The Morgan fingerprint density at radius 1 is 1.32 bits per heavy atom. The van der Waals surface area contributed by atoms with Gasteiger partial charge in [0, 0.05) is 30.3 Å². The molecule has 0 aliphatic carbocycles. The van der Waals surface area contributed by atoms with Crippen molar-refractivity contribution < 1.29 is 9.47 Å². The highest BCUT2D eigenvalue weighted by Crippen LogP contribution is 2.29. The van der Waals surface area contributed by atoms with Gasteiger partial charge in [0.25, 0.3) is 0 Å². The van der Waals surface area contributed by atoms with E-state index >= 15 is 0 Å². The van der Waals surface area contributed by atoms with Crippen molar-refractivity contribution in [3.8, 4) is 11.5 Å². The second-order valence-corrected chi connectivity index (χ2v) is 5.24. The maximum absolute atomic E-state index is 5.46. The molecule has 0 saturated carbocycles. The molecule has 1 aromatic carbocycles. The van der Waals surface area contributed by atoms with Gasteiger partial charge in [-0.2, -0.15) is 0 Å². The number of nitrogens with zero attached hydrogens (tertiary/aromatic N) is 1. The summed E-state index contributed by atoms with van der Waals surface area (Å²) in [5.41, 5.74) is 1.18. The Kier molecular flexibility index (Phi) is 4.66. The molecule has 1 aliphatic rings. The van der Waals surface area contributed by atoms with Crippen LogP contribution in [0.2, 0.25) is 0 Å². The molecule has 0 radical (unpaired) electrons. The number of hydrogen-bond donors (Lipinski definition) is 1. The summed E-state index contributed by atoms with van der Waals surface area (Å²) < 4.78 is 10.7. The van der Waals surface area contributed by atoms with Gasteiger partial charge in [-0.25, -0.2) is 0 Å². The molecule has 0 spiro atoms. The van der Waals surface area contributed by atoms with Gasteiger partial charge in [-0.15, -0.1) is 0 Å². The smallest absolute Gasteiger partial charge is 0.127 e. The molecule has 4 nitrogen and oxygen atoms in total. The first-order valence-corrected chi connectivity index (χ1v) is 6.80. The van der Waals surface area contributed by atoms with Gasteiger partial charge < -0.3 is 19.7 Å². The molecule has 1 saturated heterocycles. The summed E-state index contributed by atoms with van der Waals surface area (Å²) in [6, 6.07) is 6.84. The third-order valence-electron chi connectivity index (χ3n) is 3.78. The molecule has 0 aromatic heterocycles. The van der Waals surface area contributed by atoms with Gasteiger partial charge in [-0.1, -0.05) is 6.07 Å². The van der Waals surface area contributed by atoms with Crippen LogP contribution in [0.3, 0.4) is 0 Å². The van der Waals surface area contributed by atoms with Gasteiger partial charge in [0.1, 0.15) is 11.5 Å². The summed E-state index contributed by atoms with van der Waals surface area (Å²) in [6.45, 7) is 4.47. The minimum absolute atomic E-state index is 0.275. The van der Waals surface area contributed by atoms with Crippen LogP contribution in [0.1, 0.15) is 24.9 Å². The lowest BCUT2D eigenvalue weighted by Gasteiger charge is -2.22.